The second kappa shape index (κ2) is 5.59. The minimum absolute atomic E-state index is 0.109. The van der Waals surface area contributed by atoms with Gasteiger partial charge in [0, 0.05) is 0 Å². The summed E-state index contributed by atoms with van der Waals surface area (Å²) in [7, 11) is -3.69. The highest BCUT2D eigenvalue weighted by Gasteiger charge is 2.14. The third kappa shape index (κ3) is 3.24. The Kier molecular flexibility index (Phi) is 3.86. The van der Waals surface area contributed by atoms with Crippen molar-refractivity contribution in [2.24, 2.45) is 0 Å². The average Bonchev–Trinajstić information content (AvgIpc) is 2.42. The summed E-state index contributed by atoms with van der Waals surface area (Å²) in [5, 5.41) is 8.57. The van der Waals surface area contributed by atoms with Crippen LogP contribution in [0.5, 0.6) is 0 Å². The van der Waals surface area contributed by atoms with Crippen molar-refractivity contribution < 1.29 is 8.42 Å². The average molecular weight is 288 g/mol. The predicted molar refractivity (Wildman–Crippen MR) is 75.2 cm³/mol. The van der Waals surface area contributed by atoms with Crippen LogP contribution in [0.4, 0.5) is 11.5 Å². The van der Waals surface area contributed by atoms with Crippen molar-refractivity contribution >= 4 is 21.5 Å². The van der Waals surface area contributed by atoms with Gasteiger partial charge in [-0.15, -0.1) is 0 Å². The van der Waals surface area contributed by atoms with E-state index in [0.29, 0.717) is 5.69 Å². The van der Waals surface area contributed by atoms with E-state index in [4.69, 9.17) is 11.0 Å². The smallest absolute Gasteiger partial charge is 0.263 e. The molecule has 0 amide bonds. The van der Waals surface area contributed by atoms with Gasteiger partial charge in [-0.25, -0.2) is 13.4 Å². The molecule has 1 aromatic carbocycles. The monoisotopic (exact) mass is 288 g/mol. The van der Waals surface area contributed by atoms with Crippen LogP contribution in [0.15, 0.2) is 47.5 Å². The Hall–Kier alpha value is -2.59. The van der Waals surface area contributed by atoms with Gasteiger partial charge in [0.1, 0.15) is 5.82 Å². The van der Waals surface area contributed by atoms with Gasteiger partial charge in [-0.3, -0.25) is 4.72 Å². The maximum atomic E-state index is 12.1. The molecule has 3 N–H and O–H groups in total. The number of anilines is 2. The number of nitrogens with two attached hydrogens (primary N) is 1. The number of rotatable bonds is 4. The zero-order chi connectivity index (χ0) is 14.6. The summed E-state index contributed by atoms with van der Waals surface area (Å²) in [6.07, 6.45) is 1.61. The van der Waals surface area contributed by atoms with Gasteiger partial charge in [0.25, 0.3) is 10.0 Å². The molecule has 0 atom stereocenters. The van der Waals surface area contributed by atoms with Crippen LogP contribution < -0.4 is 10.5 Å². The van der Waals surface area contributed by atoms with Crippen molar-refractivity contribution in [3.8, 4) is 6.07 Å². The maximum Gasteiger partial charge on any atom is 0.263 e. The van der Waals surface area contributed by atoms with Crippen molar-refractivity contribution in [2.75, 3.05) is 10.5 Å². The molecule has 0 aliphatic rings. The second-order valence-corrected chi connectivity index (χ2v) is 5.74. The normalized spacial score (nSPS) is 10.8. The summed E-state index contributed by atoms with van der Waals surface area (Å²) in [5.74, 6) is 0.195. The molecule has 0 spiro atoms. The van der Waals surface area contributed by atoms with Crippen LogP contribution in [-0.4, -0.2) is 13.4 Å². The number of aromatic nitrogens is 1. The van der Waals surface area contributed by atoms with Crippen LogP contribution >= 0.6 is 0 Å². The molecular weight excluding hydrogens is 276 g/mol. The van der Waals surface area contributed by atoms with Gasteiger partial charge >= 0.3 is 0 Å². The van der Waals surface area contributed by atoms with E-state index in [-0.39, 0.29) is 17.1 Å². The molecule has 1 aromatic heterocycles. The van der Waals surface area contributed by atoms with E-state index in [1.54, 1.807) is 18.2 Å². The van der Waals surface area contributed by atoms with Gasteiger partial charge in [-0.05, 0) is 29.8 Å². The Balaban J connectivity index is 2.22. The molecular formula is C13H12N4O2S. The van der Waals surface area contributed by atoms with Gasteiger partial charge in [0.2, 0.25) is 0 Å². The number of nitriles is 1. The first kappa shape index (κ1) is 13.8. The molecule has 0 bridgehead atoms. The summed E-state index contributed by atoms with van der Waals surface area (Å²) >= 11 is 0. The SMILES string of the molecule is N#CCc1ccc(S(=O)(=O)Nc2ccc(N)cn2)cc1. The third-order valence-corrected chi connectivity index (χ3v) is 3.91. The highest BCUT2D eigenvalue weighted by Crippen LogP contribution is 2.15. The predicted octanol–water partition coefficient (Wildman–Crippen LogP) is 1.53. The molecule has 20 heavy (non-hydrogen) atoms. The van der Waals surface area contributed by atoms with Gasteiger partial charge in [-0.1, -0.05) is 12.1 Å². The Labute approximate surface area is 116 Å². The molecule has 0 saturated carbocycles. The number of nitrogen functional groups attached to an aromatic ring is 1. The van der Waals surface area contributed by atoms with Crippen LogP contribution in [0.3, 0.4) is 0 Å². The zero-order valence-corrected chi connectivity index (χ0v) is 11.3. The first-order chi connectivity index (χ1) is 9.51. The summed E-state index contributed by atoms with van der Waals surface area (Å²) in [6, 6.07) is 11.2. The van der Waals surface area contributed by atoms with Crippen LogP contribution in [0.1, 0.15) is 5.56 Å². The molecule has 0 radical (unpaired) electrons. The third-order valence-electron chi connectivity index (χ3n) is 2.54. The number of nitrogens with zero attached hydrogens (tertiary/aromatic N) is 2. The van der Waals surface area contributed by atoms with Crippen molar-refractivity contribution in [3.63, 3.8) is 0 Å². The molecule has 1 heterocycles. The minimum atomic E-state index is -3.69. The second-order valence-electron chi connectivity index (χ2n) is 4.06. The number of nitrogens with one attached hydrogen (secondary N) is 1. The Bertz CT molecular complexity index is 731. The summed E-state index contributed by atoms with van der Waals surface area (Å²) in [5.41, 5.74) is 6.69. The maximum absolute atomic E-state index is 12.1. The Morgan fingerprint density at radius 2 is 1.90 bits per heavy atom. The van der Waals surface area contributed by atoms with E-state index in [1.165, 1.54) is 24.4 Å². The first-order valence-corrected chi connectivity index (χ1v) is 7.20. The summed E-state index contributed by atoms with van der Waals surface area (Å²) in [4.78, 5) is 3.99. The van der Waals surface area contributed by atoms with Gasteiger partial charge in [0.15, 0.2) is 0 Å². The van der Waals surface area contributed by atoms with E-state index in [9.17, 15) is 8.42 Å². The lowest BCUT2D eigenvalue weighted by molar-refractivity contribution is 0.601. The van der Waals surface area contributed by atoms with E-state index in [1.807, 2.05) is 6.07 Å². The van der Waals surface area contributed by atoms with Crippen molar-refractivity contribution in [1.29, 1.82) is 5.26 Å². The number of pyridine rings is 1. The number of hydrogen-bond acceptors (Lipinski definition) is 5. The fraction of sp³-hybridized carbons (Fsp3) is 0.0769. The number of benzene rings is 1. The lowest BCUT2D eigenvalue weighted by atomic mass is 10.2. The van der Waals surface area contributed by atoms with Gasteiger partial charge < -0.3 is 5.73 Å². The van der Waals surface area contributed by atoms with Gasteiger partial charge in [0.05, 0.1) is 29.3 Å². The van der Waals surface area contributed by atoms with E-state index in [2.05, 4.69) is 9.71 Å². The highest BCUT2D eigenvalue weighted by molar-refractivity contribution is 7.92. The number of sulfonamides is 1. The molecule has 2 rings (SSSR count). The molecule has 0 aliphatic carbocycles. The Morgan fingerprint density at radius 1 is 1.20 bits per heavy atom. The molecule has 7 heteroatoms. The van der Waals surface area contributed by atoms with E-state index in [0.717, 1.165) is 5.56 Å². The fourth-order valence-corrected chi connectivity index (χ4v) is 2.55. The molecule has 0 aliphatic heterocycles. The molecule has 0 fully saturated rings. The largest absolute Gasteiger partial charge is 0.397 e. The number of hydrogen-bond donors (Lipinski definition) is 2. The topological polar surface area (TPSA) is 109 Å². The summed E-state index contributed by atoms with van der Waals surface area (Å²) < 4.78 is 26.6. The molecule has 0 saturated heterocycles. The van der Waals surface area contributed by atoms with E-state index < -0.39 is 10.0 Å². The molecule has 102 valence electrons. The van der Waals surface area contributed by atoms with E-state index >= 15 is 0 Å². The zero-order valence-electron chi connectivity index (χ0n) is 10.4. The first-order valence-electron chi connectivity index (χ1n) is 5.71. The van der Waals surface area contributed by atoms with Crippen molar-refractivity contribution in [3.05, 3.63) is 48.2 Å². The lowest BCUT2D eigenvalue weighted by Gasteiger charge is -2.07. The highest BCUT2D eigenvalue weighted by atomic mass is 32.2. The summed E-state index contributed by atoms with van der Waals surface area (Å²) in [6.45, 7) is 0. The van der Waals surface area contributed by atoms with Crippen LogP contribution in [0.25, 0.3) is 0 Å². The molecule has 6 nitrogen and oxygen atoms in total. The standard InChI is InChI=1S/C13H12N4O2S/c14-8-7-10-1-4-12(5-2-10)20(18,19)17-13-6-3-11(15)9-16-13/h1-6,9H,7,15H2,(H,16,17). The van der Waals surface area contributed by atoms with Crippen LogP contribution in [0, 0.1) is 11.3 Å². The van der Waals surface area contributed by atoms with Gasteiger partial charge in [-0.2, -0.15) is 5.26 Å². The minimum Gasteiger partial charge on any atom is -0.397 e. The van der Waals surface area contributed by atoms with Crippen molar-refractivity contribution in [1.82, 2.24) is 4.98 Å². The van der Waals surface area contributed by atoms with Crippen LogP contribution in [-0.2, 0) is 16.4 Å². The van der Waals surface area contributed by atoms with Crippen LogP contribution in [0.2, 0.25) is 0 Å². The fourth-order valence-electron chi connectivity index (χ4n) is 1.54. The molecule has 2 aromatic rings. The molecule has 0 unspecified atom stereocenters. The Morgan fingerprint density at radius 3 is 2.45 bits per heavy atom. The quantitative estimate of drug-likeness (QED) is 0.886. The lowest BCUT2D eigenvalue weighted by Crippen LogP contribution is -2.13. The van der Waals surface area contributed by atoms with Crippen molar-refractivity contribution in [2.45, 2.75) is 11.3 Å².